The Morgan fingerprint density at radius 2 is 2.06 bits per heavy atom. The molecule has 0 saturated heterocycles. The number of hydrogen-bond donors (Lipinski definition) is 3. The zero-order valence-electron chi connectivity index (χ0n) is 8.68. The predicted octanol–water partition coefficient (Wildman–Crippen LogP) is -0.206. The molecule has 0 bridgehead atoms. The third kappa shape index (κ3) is 2.84. The molecule has 1 aromatic rings. The molecule has 0 aliphatic heterocycles. The third-order valence-electron chi connectivity index (χ3n) is 2.26. The highest BCUT2D eigenvalue weighted by molar-refractivity contribution is 5.76. The molecule has 2 atom stereocenters. The lowest BCUT2D eigenvalue weighted by atomic mass is 10.0. The van der Waals surface area contributed by atoms with E-state index in [9.17, 15) is 25.1 Å². The maximum absolute atomic E-state index is 10.7. The molecule has 0 radical (unpaired) electrons. The van der Waals surface area contributed by atoms with Crippen molar-refractivity contribution in [1.29, 1.82) is 0 Å². The number of nitro groups is 1. The summed E-state index contributed by atoms with van der Waals surface area (Å²) >= 11 is 0. The number of carbonyl (C=O) groups excluding carboxylic acids is 1. The van der Waals surface area contributed by atoms with Crippen molar-refractivity contribution < 1.29 is 25.0 Å². The first-order valence-corrected chi connectivity index (χ1v) is 4.71. The Labute approximate surface area is 96.1 Å². The van der Waals surface area contributed by atoms with Gasteiger partial charge in [-0.15, -0.1) is 0 Å². The molecule has 7 heteroatoms. The molecule has 1 aromatic carbocycles. The van der Waals surface area contributed by atoms with Crippen LogP contribution in [0.2, 0.25) is 0 Å². The van der Waals surface area contributed by atoms with Crippen LogP contribution in [0.1, 0.15) is 22.0 Å². The van der Waals surface area contributed by atoms with Crippen LogP contribution in [0.25, 0.3) is 0 Å². The SMILES string of the molecule is O=Cc1ccc(C(O)C(O)CO)c([N+](=O)[O-])c1. The lowest BCUT2D eigenvalue weighted by molar-refractivity contribution is -0.386. The predicted molar refractivity (Wildman–Crippen MR) is 56.5 cm³/mol. The van der Waals surface area contributed by atoms with Gasteiger partial charge in [0, 0.05) is 11.6 Å². The zero-order chi connectivity index (χ0) is 13.0. The van der Waals surface area contributed by atoms with Gasteiger partial charge in [0.15, 0.2) is 0 Å². The van der Waals surface area contributed by atoms with E-state index >= 15 is 0 Å². The monoisotopic (exact) mass is 241 g/mol. The second kappa shape index (κ2) is 5.48. The molecule has 1 rings (SSSR count). The van der Waals surface area contributed by atoms with E-state index < -0.39 is 29.4 Å². The molecule has 0 spiro atoms. The van der Waals surface area contributed by atoms with E-state index in [1.54, 1.807) is 0 Å². The number of aldehydes is 1. The van der Waals surface area contributed by atoms with Gasteiger partial charge in [0.2, 0.25) is 0 Å². The summed E-state index contributed by atoms with van der Waals surface area (Å²) in [4.78, 5) is 20.4. The molecule has 0 amide bonds. The summed E-state index contributed by atoms with van der Waals surface area (Å²) in [5, 5.41) is 38.2. The number of aliphatic hydroxyl groups excluding tert-OH is 3. The van der Waals surface area contributed by atoms with Crippen molar-refractivity contribution in [1.82, 2.24) is 0 Å². The standard InChI is InChI=1S/C10H11NO6/c12-4-6-1-2-7(8(3-6)11(16)17)10(15)9(14)5-13/h1-4,9-10,13-15H,5H2. The molecule has 0 fully saturated rings. The van der Waals surface area contributed by atoms with Crippen LogP contribution in [0.15, 0.2) is 18.2 Å². The maximum atomic E-state index is 10.7. The Morgan fingerprint density at radius 1 is 1.41 bits per heavy atom. The highest BCUT2D eigenvalue weighted by Crippen LogP contribution is 2.27. The average Bonchev–Trinajstić information content (AvgIpc) is 2.35. The van der Waals surface area contributed by atoms with E-state index in [0.29, 0.717) is 6.29 Å². The second-order valence-corrected chi connectivity index (χ2v) is 3.39. The summed E-state index contributed by atoms with van der Waals surface area (Å²) in [6.07, 6.45) is -2.66. The summed E-state index contributed by atoms with van der Waals surface area (Å²) in [6.45, 7) is -0.728. The van der Waals surface area contributed by atoms with Gasteiger partial charge in [-0.2, -0.15) is 0 Å². The maximum Gasteiger partial charge on any atom is 0.276 e. The molecule has 0 heterocycles. The summed E-state index contributed by atoms with van der Waals surface area (Å²) in [5.74, 6) is 0. The van der Waals surface area contributed by atoms with Crippen LogP contribution in [-0.4, -0.2) is 39.2 Å². The molecular weight excluding hydrogens is 230 g/mol. The van der Waals surface area contributed by atoms with Gasteiger partial charge in [-0.05, 0) is 6.07 Å². The number of nitrogens with zero attached hydrogens (tertiary/aromatic N) is 1. The van der Waals surface area contributed by atoms with Crippen molar-refractivity contribution in [3.8, 4) is 0 Å². The van der Waals surface area contributed by atoms with E-state index in [4.69, 9.17) is 5.11 Å². The molecule has 2 unspecified atom stereocenters. The van der Waals surface area contributed by atoms with Crippen LogP contribution in [0, 0.1) is 10.1 Å². The quantitative estimate of drug-likeness (QED) is 0.372. The van der Waals surface area contributed by atoms with Crippen molar-refractivity contribution >= 4 is 12.0 Å². The highest BCUT2D eigenvalue weighted by Gasteiger charge is 2.26. The third-order valence-corrected chi connectivity index (χ3v) is 2.26. The fourth-order valence-electron chi connectivity index (χ4n) is 1.35. The van der Waals surface area contributed by atoms with Crippen molar-refractivity contribution in [3.05, 3.63) is 39.4 Å². The Kier molecular flexibility index (Phi) is 4.27. The van der Waals surface area contributed by atoms with Crippen LogP contribution in [0.3, 0.4) is 0 Å². The Morgan fingerprint density at radius 3 is 2.53 bits per heavy atom. The van der Waals surface area contributed by atoms with Crippen molar-refractivity contribution in [2.45, 2.75) is 12.2 Å². The number of rotatable bonds is 5. The number of hydrogen-bond acceptors (Lipinski definition) is 6. The highest BCUT2D eigenvalue weighted by atomic mass is 16.6. The van der Waals surface area contributed by atoms with Crippen molar-refractivity contribution in [2.24, 2.45) is 0 Å². The lowest BCUT2D eigenvalue weighted by Crippen LogP contribution is -2.22. The Balaban J connectivity index is 3.23. The summed E-state index contributed by atoms with van der Waals surface area (Å²) < 4.78 is 0. The van der Waals surface area contributed by atoms with Crippen LogP contribution in [0.4, 0.5) is 5.69 Å². The van der Waals surface area contributed by atoms with E-state index in [2.05, 4.69) is 0 Å². The normalized spacial score (nSPS) is 14.1. The van der Waals surface area contributed by atoms with E-state index in [1.165, 1.54) is 12.1 Å². The minimum Gasteiger partial charge on any atom is -0.394 e. The van der Waals surface area contributed by atoms with Gasteiger partial charge in [-0.1, -0.05) is 6.07 Å². The minimum absolute atomic E-state index is 0.0890. The summed E-state index contributed by atoms with van der Waals surface area (Å²) in [6, 6.07) is 3.45. The molecular formula is C10H11NO6. The average molecular weight is 241 g/mol. The Hall–Kier alpha value is -1.83. The number of benzene rings is 1. The van der Waals surface area contributed by atoms with Gasteiger partial charge in [0.1, 0.15) is 18.5 Å². The minimum atomic E-state index is -1.58. The van der Waals surface area contributed by atoms with Crippen LogP contribution in [0.5, 0.6) is 0 Å². The van der Waals surface area contributed by atoms with Gasteiger partial charge in [-0.25, -0.2) is 0 Å². The first-order chi connectivity index (χ1) is 8.01. The Bertz CT molecular complexity index is 433. The van der Waals surface area contributed by atoms with E-state index in [0.717, 1.165) is 6.07 Å². The van der Waals surface area contributed by atoms with Gasteiger partial charge >= 0.3 is 0 Å². The van der Waals surface area contributed by atoms with Gasteiger partial charge in [-0.3, -0.25) is 14.9 Å². The van der Waals surface area contributed by atoms with Gasteiger partial charge in [0.05, 0.1) is 17.1 Å². The first kappa shape index (κ1) is 13.2. The fourth-order valence-corrected chi connectivity index (χ4v) is 1.35. The zero-order valence-corrected chi connectivity index (χ0v) is 8.68. The van der Waals surface area contributed by atoms with E-state index in [-0.39, 0.29) is 11.1 Å². The van der Waals surface area contributed by atoms with Gasteiger partial charge in [0.25, 0.3) is 5.69 Å². The molecule has 3 N–H and O–H groups in total. The molecule has 17 heavy (non-hydrogen) atoms. The fraction of sp³-hybridized carbons (Fsp3) is 0.300. The van der Waals surface area contributed by atoms with Crippen LogP contribution in [-0.2, 0) is 0 Å². The van der Waals surface area contributed by atoms with E-state index in [1.807, 2.05) is 0 Å². The summed E-state index contributed by atoms with van der Waals surface area (Å²) in [5.41, 5.74) is -0.539. The molecule has 0 saturated carbocycles. The number of carbonyl (C=O) groups is 1. The number of aliphatic hydroxyl groups is 3. The second-order valence-electron chi connectivity index (χ2n) is 3.39. The van der Waals surface area contributed by atoms with Gasteiger partial charge < -0.3 is 15.3 Å². The van der Waals surface area contributed by atoms with Crippen molar-refractivity contribution in [3.63, 3.8) is 0 Å². The molecule has 0 aromatic heterocycles. The van der Waals surface area contributed by atoms with Crippen molar-refractivity contribution in [2.75, 3.05) is 6.61 Å². The largest absolute Gasteiger partial charge is 0.394 e. The summed E-state index contributed by atoms with van der Waals surface area (Å²) in [7, 11) is 0. The first-order valence-electron chi connectivity index (χ1n) is 4.71. The molecule has 0 aliphatic rings. The smallest absolute Gasteiger partial charge is 0.276 e. The number of nitro benzene ring substituents is 1. The van der Waals surface area contributed by atoms with Crippen LogP contribution >= 0.6 is 0 Å². The topological polar surface area (TPSA) is 121 Å². The lowest BCUT2D eigenvalue weighted by Gasteiger charge is -2.15. The van der Waals surface area contributed by atoms with Crippen LogP contribution < -0.4 is 0 Å². The molecule has 0 aliphatic carbocycles. The molecule has 7 nitrogen and oxygen atoms in total. The molecule has 92 valence electrons.